The highest BCUT2D eigenvalue weighted by atomic mass is 32.2. The first-order valence-electron chi connectivity index (χ1n) is 5.41. The average molecular weight is 258 g/mol. The Bertz CT molecular complexity index is 406. The van der Waals surface area contributed by atoms with Crippen LogP contribution in [0.1, 0.15) is 5.56 Å². The molecular weight excluding hydrogens is 240 g/mol. The maximum atomic E-state index is 10.6. The second kappa shape index (κ2) is 7.39. The first-order chi connectivity index (χ1) is 8.08. The molecule has 1 rings (SSSR count). The summed E-state index contributed by atoms with van der Waals surface area (Å²) in [6.07, 6.45) is 0. The maximum absolute atomic E-state index is 10.6. The Morgan fingerprint density at radius 3 is 2.53 bits per heavy atom. The van der Waals surface area contributed by atoms with E-state index < -0.39 is 10.0 Å². The van der Waals surface area contributed by atoms with Crippen LogP contribution in [0.4, 0.5) is 0 Å². The van der Waals surface area contributed by atoms with Crippen LogP contribution < -0.4 is 10.5 Å². The number of nitrogens with one attached hydrogen (secondary N) is 1. The van der Waals surface area contributed by atoms with E-state index >= 15 is 0 Å². The molecule has 0 bridgehead atoms. The van der Waals surface area contributed by atoms with Crippen molar-refractivity contribution in [2.24, 2.45) is 5.14 Å². The summed E-state index contributed by atoms with van der Waals surface area (Å²) in [5.74, 6) is -0.0499. The number of rotatable bonds is 8. The second-order valence-electron chi connectivity index (χ2n) is 3.66. The van der Waals surface area contributed by atoms with Gasteiger partial charge in [-0.2, -0.15) is 0 Å². The summed E-state index contributed by atoms with van der Waals surface area (Å²) >= 11 is 0. The smallest absolute Gasteiger partial charge is 0.210 e. The van der Waals surface area contributed by atoms with E-state index in [1.807, 2.05) is 30.3 Å². The van der Waals surface area contributed by atoms with Crippen LogP contribution in [0.25, 0.3) is 0 Å². The molecule has 96 valence electrons. The van der Waals surface area contributed by atoms with E-state index in [0.29, 0.717) is 26.3 Å². The fraction of sp³-hybridized carbons (Fsp3) is 0.455. The van der Waals surface area contributed by atoms with Crippen LogP contribution in [0.15, 0.2) is 30.3 Å². The first-order valence-corrected chi connectivity index (χ1v) is 7.12. The maximum Gasteiger partial charge on any atom is 0.210 e. The van der Waals surface area contributed by atoms with Gasteiger partial charge in [0.2, 0.25) is 10.0 Å². The van der Waals surface area contributed by atoms with Crippen molar-refractivity contribution in [2.75, 3.05) is 25.4 Å². The van der Waals surface area contributed by atoms with Crippen molar-refractivity contribution in [2.45, 2.75) is 6.61 Å². The molecule has 0 saturated heterocycles. The molecule has 0 radical (unpaired) electrons. The summed E-state index contributed by atoms with van der Waals surface area (Å²) < 4.78 is 26.6. The van der Waals surface area contributed by atoms with E-state index in [-0.39, 0.29) is 5.75 Å². The zero-order valence-corrected chi connectivity index (χ0v) is 10.4. The molecule has 0 unspecified atom stereocenters. The average Bonchev–Trinajstić information content (AvgIpc) is 2.28. The van der Waals surface area contributed by atoms with Gasteiger partial charge < -0.3 is 10.1 Å². The molecule has 1 aromatic carbocycles. The third-order valence-corrected chi connectivity index (χ3v) is 2.87. The molecule has 0 atom stereocenters. The zero-order chi connectivity index (χ0) is 12.6. The Labute approximate surface area is 102 Å². The van der Waals surface area contributed by atoms with Gasteiger partial charge in [0.1, 0.15) is 0 Å². The zero-order valence-electron chi connectivity index (χ0n) is 9.63. The number of hydrogen-bond acceptors (Lipinski definition) is 4. The summed E-state index contributed by atoms with van der Waals surface area (Å²) in [7, 11) is -3.36. The van der Waals surface area contributed by atoms with Gasteiger partial charge in [0, 0.05) is 13.1 Å². The molecule has 0 aliphatic heterocycles. The van der Waals surface area contributed by atoms with Crippen molar-refractivity contribution in [1.29, 1.82) is 0 Å². The number of ether oxygens (including phenoxy) is 1. The molecule has 0 aliphatic rings. The fourth-order valence-electron chi connectivity index (χ4n) is 1.25. The van der Waals surface area contributed by atoms with E-state index in [9.17, 15) is 8.42 Å². The van der Waals surface area contributed by atoms with Gasteiger partial charge in [-0.05, 0) is 5.56 Å². The standard InChI is InChI=1S/C11H18N2O3S/c12-17(14,15)9-7-13-6-8-16-10-11-4-2-1-3-5-11/h1-5,13H,6-10H2,(H2,12,14,15). The lowest BCUT2D eigenvalue weighted by atomic mass is 10.2. The van der Waals surface area contributed by atoms with Crippen molar-refractivity contribution in [3.05, 3.63) is 35.9 Å². The summed E-state index contributed by atoms with van der Waals surface area (Å²) in [5, 5.41) is 7.80. The van der Waals surface area contributed by atoms with Gasteiger partial charge in [-0.1, -0.05) is 30.3 Å². The molecule has 6 heteroatoms. The highest BCUT2D eigenvalue weighted by Crippen LogP contribution is 1.99. The number of primary sulfonamides is 1. The van der Waals surface area contributed by atoms with Crippen LogP contribution >= 0.6 is 0 Å². The second-order valence-corrected chi connectivity index (χ2v) is 5.39. The number of hydrogen-bond donors (Lipinski definition) is 2. The van der Waals surface area contributed by atoms with Crippen molar-refractivity contribution in [1.82, 2.24) is 5.32 Å². The van der Waals surface area contributed by atoms with E-state index in [0.717, 1.165) is 5.56 Å². The Balaban J connectivity index is 1.99. The van der Waals surface area contributed by atoms with Gasteiger partial charge in [-0.15, -0.1) is 0 Å². The molecule has 0 aliphatic carbocycles. The van der Waals surface area contributed by atoms with Gasteiger partial charge in [0.05, 0.1) is 19.0 Å². The summed E-state index contributed by atoms with van der Waals surface area (Å²) in [6.45, 7) is 2.08. The minimum atomic E-state index is -3.36. The van der Waals surface area contributed by atoms with Crippen molar-refractivity contribution in [3.8, 4) is 0 Å². The highest BCUT2D eigenvalue weighted by Gasteiger charge is 2.00. The van der Waals surface area contributed by atoms with E-state index in [2.05, 4.69) is 5.32 Å². The van der Waals surface area contributed by atoms with Crippen LogP contribution in [0.3, 0.4) is 0 Å². The molecule has 0 fully saturated rings. The van der Waals surface area contributed by atoms with E-state index in [1.54, 1.807) is 0 Å². The molecule has 3 N–H and O–H groups in total. The van der Waals surface area contributed by atoms with Crippen LogP contribution in [-0.2, 0) is 21.4 Å². The van der Waals surface area contributed by atoms with Crippen LogP contribution in [0.5, 0.6) is 0 Å². The third kappa shape index (κ3) is 7.87. The van der Waals surface area contributed by atoms with Gasteiger partial charge in [0.25, 0.3) is 0 Å². The third-order valence-electron chi connectivity index (χ3n) is 2.10. The number of benzene rings is 1. The summed E-state index contributed by atoms with van der Waals surface area (Å²) in [6, 6.07) is 9.87. The molecule has 17 heavy (non-hydrogen) atoms. The monoisotopic (exact) mass is 258 g/mol. The quantitative estimate of drug-likeness (QED) is 0.647. The SMILES string of the molecule is NS(=O)(=O)CCNCCOCc1ccccc1. The minimum absolute atomic E-state index is 0.0499. The summed E-state index contributed by atoms with van der Waals surface area (Å²) in [4.78, 5) is 0. The molecule has 0 saturated carbocycles. The molecule has 0 heterocycles. The number of nitrogens with two attached hydrogens (primary N) is 1. The Morgan fingerprint density at radius 1 is 1.18 bits per heavy atom. The van der Waals surface area contributed by atoms with Gasteiger partial charge in [-0.3, -0.25) is 0 Å². The van der Waals surface area contributed by atoms with Gasteiger partial charge in [-0.25, -0.2) is 13.6 Å². The first kappa shape index (κ1) is 14.1. The number of sulfonamides is 1. The normalized spacial score (nSPS) is 11.6. The van der Waals surface area contributed by atoms with E-state index in [1.165, 1.54) is 0 Å². The van der Waals surface area contributed by atoms with Crippen LogP contribution in [0.2, 0.25) is 0 Å². The highest BCUT2D eigenvalue weighted by molar-refractivity contribution is 7.89. The predicted octanol–water partition coefficient (Wildman–Crippen LogP) is 0.0813. The topological polar surface area (TPSA) is 81.4 Å². The van der Waals surface area contributed by atoms with Gasteiger partial charge in [0.15, 0.2) is 0 Å². The fourth-order valence-corrected chi connectivity index (χ4v) is 1.68. The predicted molar refractivity (Wildman–Crippen MR) is 66.9 cm³/mol. The molecule has 0 aromatic heterocycles. The largest absolute Gasteiger partial charge is 0.375 e. The lowest BCUT2D eigenvalue weighted by molar-refractivity contribution is 0.123. The van der Waals surface area contributed by atoms with Crippen molar-refractivity contribution < 1.29 is 13.2 Å². The molecule has 5 nitrogen and oxygen atoms in total. The Hall–Kier alpha value is -0.950. The Kier molecular flexibility index (Phi) is 6.13. The van der Waals surface area contributed by atoms with Crippen molar-refractivity contribution in [3.63, 3.8) is 0 Å². The molecule has 0 spiro atoms. The summed E-state index contributed by atoms with van der Waals surface area (Å²) in [5.41, 5.74) is 1.12. The lowest BCUT2D eigenvalue weighted by Gasteiger charge is -2.05. The molecular formula is C11H18N2O3S. The Morgan fingerprint density at radius 2 is 1.88 bits per heavy atom. The minimum Gasteiger partial charge on any atom is -0.375 e. The molecule has 0 amide bonds. The van der Waals surface area contributed by atoms with Crippen molar-refractivity contribution >= 4 is 10.0 Å². The van der Waals surface area contributed by atoms with Crippen LogP contribution in [0, 0.1) is 0 Å². The van der Waals surface area contributed by atoms with Gasteiger partial charge >= 0.3 is 0 Å². The molecule has 1 aromatic rings. The van der Waals surface area contributed by atoms with Crippen LogP contribution in [-0.4, -0.2) is 33.9 Å². The van der Waals surface area contributed by atoms with E-state index in [4.69, 9.17) is 9.88 Å². The lowest BCUT2D eigenvalue weighted by Crippen LogP contribution is -2.29.